The van der Waals surface area contributed by atoms with Crippen molar-refractivity contribution in [3.63, 3.8) is 0 Å². The zero-order chi connectivity index (χ0) is 9.40. The van der Waals surface area contributed by atoms with Gasteiger partial charge in [-0.3, -0.25) is 4.98 Å². The van der Waals surface area contributed by atoms with Crippen molar-refractivity contribution < 1.29 is 10.2 Å². The maximum Gasteiger partial charge on any atom is 0.0853 e. The lowest BCUT2D eigenvalue weighted by Gasteiger charge is -1.93. The van der Waals surface area contributed by atoms with Crippen LogP contribution in [0.1, 0.15) is 18.2 Å². The van der Waals surface area contributed by atoms with Crippen molar-refractivity contribution in [2.45, 2.75) is 20.5 Å². The van der Waals surface area contributed by atoms with Gasteiger partial charge in [0, 0.05) is 12.8 Å². The third-order valence-electron chi connectivity index (χ3n) is 1.13. The summed E-state index contributed by atoms with van der Waals surface area (Å²) in [7, 11) is 0. The van der Waals surface area contributed by atoms with Crippen LogP contribution >= 0.6 is 0 Å². The molecule has 0 aromatic carbocycles. The first-order chi connectivity index (χ1) is 5.74. The molecule has 0 aliphatic rings. The molecule has 1 rings (SSSR count). The van der Waals surface area contributed by atoms with Crippen molar-refractivity contribution in [2.24, 2.45) is 0 Å². The number of aliphatic hydroxyl groups excluding tert-OH is 2. The van der Waals surface area contributed by atoms with Crippen LogP contribution in [-0.2, 0) is 6.61 Å². The summed E-state index contributed by atoms with van der Waals surface area (Å²) in [4.78, 5) is 3.91. The van der Waals surface area contributed by atoms with Gasteiger partial charge in [0.15, 0.2) is 0 Å². The highest BCUT2D eigenvalue weighted by molar-refractivity contribution is 5.13. The lowest BCUT2D eigenvalue weighted by Crippen LogP contribution is -1.87. The third kappa shape index (κ3) is 4.82. The molecule has 0 unspecified atom stereocenters. The molecule has 0 bridgehead atoms. The fourth-order valence-corrected chi connectivity index (χ4v) is 0.685. The van der Waals surface area contributed by atoms with Gasteiger partial charge in [-0.15, -0.1) is 0 Å². The smallest absolute Gasteiger partial charge is 0.0853 e. The highest BCUT2D eigenvalue weighted by Gasteiger charge is 1.88. The second-order valence-electron chi connectivity index (χ2n) is 2.30. The van der Waals surface area contributed by atoms with Crippen molar-refractivity contribution in [1.82, 2.24) is 4.98 Å². The largest absolute Gasteiger partial charge is 0.397 e. The monoisotopic (exact) mass is 169 g/mol. The van der Waals surface area contributed by atoms with Gasteiger partial charge in [-0.25, -0.2) is 0 Å². The Morgan fingerprint density at radius 2 is 2.00 bits per heavy atom. The number of pyridine rings is 1. The van der Waals surface area contributed by atoms with E-state index >= 15 is 0 Å². The molecule has 0 fully saturated rings. The van der Waals surface area contributed by atoms with Crippen molar-refractivity contribution >= 4 is 0 Å². The number of aromatic nitrogens is 1. The van der Waals surface area contributed by atoms with Gasteiger partial charge in [-0.2, -0.15) is 0 Å². The van der Waals surface area contributed by atoms with Crippen LogP contribution in [-0.4, -0.2) is 21.8 Å². The molecule has 12 heavy (non-hydrogen) atoms. The molecule has 3 heteroatoms. The van der Waals surface area contributed by atoms with Gasteiger partial charge < -0.3 is 10.2 Å². The Balaban J connectivity index is 0.000000354. The lowest BCUT2D eigenvalue weighted by atomic mass is 10.2. The Hall–Kier alpha value is -0.930. The number of rotatable bonds is 1. The summed E-state index contributed by atoms with van der Waals surface area (Å²) in [6, 6.07) is 3.76. The van der Waals surface area contributed by atoms with E-state index < -0.39 is 0 Å². The van der Waals surface area contributed by atoms with Gasteiger partial charge in [0.05, 0.1) is 12.3 Å². The van der Waals surface area contributed by atoms with Gasteiger partial charge in [0.1, 0.15) is 0 Å². The molecule has 0 aliphatic heterocycles. The van der Waals surface area contributed by atoms with E-state index in [2.05, 4.69) is 4.98 Å². The van der Waals surface area contributed by atoms with Gasteiger partial charge >= 0.3 is 0 Å². The maximum atomic E-state index is 8.60. The molecule has 1 aromatic rings. The molecule has 0 saturated carbocycles. The van der Waals surface area contributed by atoms with Crippen LogP contribution in [0.5, 0.6) is 0 Å². The first-order valence-corrected chi connectivity index (χ1v) is 3.87. The molecule has 1 aromatic heterocycles. The number of nitrogens with zero attached hydrogens (tertiary/aromatic N) is 1. The molecule has 3 nitrogen and oxygen atoms in total. The molecular formula is C9H15NO2. The van der Waals surface area contributed by atoms with Gasteiger partial charge in [-0.05, 0) is 31.5 Å². The molecular weight excluding hydrogens is 154 g/mol. The number of aryl methyl sites for hydroxylation is 1. The Morgan fingerprint density at radius 3 is 2.33 bits per heavy atom. The van der Waals surface area contributed by atoms with Gasteiger partial charge in [0.2, 0.25) is 0 Å². The quantitative estimate of drug-likeness (QED) is 0.656. The van der Waals surface area contributed by atoms with Crippen molar-refractivity contribution in [3.05, 3.63) is 29.6 Å². The first-order valence-electron chi connectivity index (χ1n) is 3.87. The summed E-state index contributed by atoms with van der Waals surface area (Å²) < 4.78 is 0. The van der Waals surface area contributed by atoms with Crippen LogP contribution < -0.4 is 0 Å². The second-order valence-corrected chi connectivity index (χ2v) is 2.30. The predicted octanol–water partition coefficient (Wildman–Crippen LogP) is 0.881. The van der Waals surface area contributed by atoms with E-state index in [1.807, 2.05) is 19.1 Å². The Bertz CT molecular complexity index is 213. The van der Waals surface area contributed by atoms with Crippen molar-refractivity contribution in [1.29, 1.82) is 0 Å². The number of hydrogen-bond acceptors (Lipinski definition) is 3. The van der Waals surface area contributed by atoms with Gasteiger partial charge in [-0.1, -0.05) is 0 Å². The van der Waals surface area contributed by atoms with Crippen LogP contribution in [0.4, 0.5) is 0 Å². The van der Waals surface area contributed by atoms with E-state index in [0.29, 0.717) is 0 Å². The molecule has 68 valence electrons. The SMILES string of the molecule is CCO.Cc1ccnc(CO)c1. The maximum absolute atomic E-state index is 8.60. The molecule has 0 aliphatic carbocycles. The molecule has 0 spiro atoms. The van der Waals surface area contributed by atoms with E-state index in [4.69, 9.17) is 10.2 Å². The fourth-order valence-electron chi connectivity index (χ4n) is 0.685. The summed E-state index contributed by atoms with van der Waals surface area (Å²) in [5, 5.41) is 16.2. The van der Waals surface area contributed by atoms with E-state index in [1.165, 1.54) is 0 Å². The Labute approximate surface area is 72.7 Å². The third-order valence-corrected chi connectivity index (χ3v) is 1.13. The Kier molecular flexibility index (Phi) is 6.24. The molecule has 0 saturated heterocycles. The Morgan fingerprint density at radius 1 is 1.42 bits per heavy atom. The average Bonchev–Trinajstić information content (AvgIpc) is 2.06. The van der Waals surface area contributed by atoms with Crippen molar-refractivity contribution in [3.8, 4) is 0 Å². The van der Waals surface area contributed by atoms with E-state index in [0.717, 1.165) is 11.3 Å². The molecule has 0 atom stereocenters. The van der Waals surface area contributed by atoms with Crippen LogP contribution in [0.25, 0.3) is 0 Å². The molecule has 0 amide bonds. The summed E-state index contributed by atoms with van der Waals surface area (Å²) in [5.41, 5.74) is 1.86. The fraction of sp³-hybridized carbons (Fsp3) is 0.444. The van der Waals surface area contributed by atoms with Crippen LogP contribution in [0.3, 0.4) is 0 Å². The topological polar surface area (TPSA) is 53.4 Å². The highest BCUT2D eigenvalue weighted by Crippen LogP contribution is 1.98. The van der Waals surface area contributed by atoms with Crippen molar-refractivity contribution in [2.75, 3.05) is 6.61 Å². The zero-order valence-electron chi connectivity index (χ0n) is 7.49. The molecule has 2 N–H and O–H groups in total. The summed E-state index contributed by atoms with van der Waals surface area (Å²) in [6.45, 7) is 3.93. The van der Waals surface area contributed by atoms with Crippen LogP contribution in [0.2, 0.25) is 0 Å². The summed E-state index contributed by atoms with van der Waals surface area (Å²) >= 11 is 0. The van der Waals surface area contributed by atoms with Gasteiger partial charge in [0.25, 0.3) is 0 Å². The van der Waals surface area contributed by atoms with E-state index in [-0.39, 0.29) is 13.2 Å². The van der Waals surface area contributed by atoms with E-state index in [9.17, 15) is 0 Å². The number of aliphatic hydroxyl groups is 2. The lowest BCUT2D eigenvalue weighted by molar-refractivity contribution is 0.277. The number of hydrogen-bond donors (Lipinski definition) is 2. The first kappa shape index (κ1) is 11.1. The minimum Gasteiger partial charge on any atom is -0.397 e. The van der Waals surface area contributed by atoms with Crippen LogP contribution in [0, 0.1) is 6.92 Å². The minimum atomic E-state index is 0.0294. The normalized spacial score (nSPS) is 8.67. The molecule has 1 heterocycles. The average molecular weight is 169 g/mol. The second kappa shape index (κ2) is 6.76. The standard InChI is InChI=1S/C7H9NO.C2H6O/c1-6-2-3-8-7(4-6)5-9;1-2-3/h2-4,9H,5H2,1H3;3H,2H2,1H3. The minimum absolute atomic E-state index is 0.0294. The highest BCUT2D eigenvalue weighted by atomic mass is 16.3. The summed E-state index contributed by atoms with van der Waals surface area (Å²) in [6.07, 6.45) is 1.70. The molecule has 0 radical (unpaired) electrons. The predicted molar refractivity (Wildman–Crippen MR) is 47.7 cm³/mol. The summed E-state index contributed by atoms with van der Waals surface area (Å²) in [5.74, 6) is 0. The van der Waals surface area contributed by atoms with E-state index in [1.54, 1.807) is 13.1 Å². The van der Waals surface area contributed by atoms with Crippen LogP contribution in [0.15, 0.2) is 18.3 Å². The zero-order valence-corrected chi connectivity index (χ0v) is 7.49.